The van der Waals surface area contributed by atoms with E-state index in [-0.39, 0.29) is 24.0 Å². The molecular weight excluding hydrogens is 376 g/mol. The van der Waals surface area contributed by atoms with E-state index in [1.54, 1.807) is 45.5 Å². The first-order chi connectivity index (χ1) is 13.8. The maximum atomic E-state index is 12.3. The number of methoxy groups -OCH3 is 2. The van der Waals surface area contributed by atoms with Crippen molar-refractivity contribution in [3.63, 3.8) is 0 Å². The van der Waals surface area contributed by atoms with E-state index in [1.165, 1.54) is 24.0 Å². The van der Waals surface area contributed by atoms with Gasteiger partial charge in [-0.25, -0.2) is 4.79 Å². The Labute approximate surface area is 169 Å². The monoisotopic (exact) mass is 400 g/mol. The van der Waals surface area contributed by atoms with Crippen LogP contribution in [0.15, 0.2) is 42.5 Å². The number of amides is 2. The molecule has 0 aliphatic carbocycles. The summed E-state index contributed by atoms with van der Waals surface area (Å²) in [5.74, 6) is 0.00218. The van der Waals surface area contributed by atoms with Gasteiger partial charge in [-0.15, -0.1) is 0 Å². The molecule has 0 saturated carbocycles. The number of esters is 1. The van der Waals surface area contributed by atoms with Gasteiger partial charge in [-0.3, -0.25) is 9.59 Å². The second-order valence-electron chi connectivity index (χ2n) is 6.27. The number of nitrogens with one attached hydrogen (secondary N) is 1. The third kappa shape index (κ3) is 6.24. The molecule has 0 saturated heterocycles. The topological polar surface area (TPSA) is 94.2 Å². The second kappa shape index (κ2) is 10.1. The van der Waals surface area contributed by atoms with E-state index < -0.39 is 5.97 Å². The SMILES string of the molecule is COc1ccc(CN(C)C(=O)COC(=O)c2ccc(NC(C)=O)cc2)cc1OC. The van der Waals surface area contributed by atoms with Gasteiger partial charge in [-0.1, -0.05) is 6.07 Å². The number of carbonyl (C=O) groups excluding carboxylic acids is 3. The highest BCUT2D eigenvalue weighted by molar-refractivity contribution is 5.93. The van der Waals surface area contributed by atoms with Crippen LogP contribution in [0.1, 0.15) is 22.8 Å². The molecule has 0 radical (unpaired) electrons. The normalized spacial score (nSPS) is 10.1. The van der Waals surface area contributed by atoms with Gasteiger partial charge in [-0.05, 0) is 42.0 Å². The van der Waals surface area contributed by atoms with Gasteiger partial charge < -0.3 is 24.4 Å². The summed E-state index contributed by atoms with van der Waals surface area (Å²) in [5.41, 5.74) is 1.70. The Morgan fingerprint density at radius 2 is 1.62 bits per heavy atom. The number of benzene rings is 2. The van der Waals surface area contributed by atoms with Gasteiger partial charge in [0, 0.05) is 26.2 Å². The van der Waals surface area contributed by atoms with Gasteiger partial charge in [0.15, 0.2) is 18.1 Å². The molecule has 0 unspecified atom stereocenters. The molecule has 2 rings (SSSR count). The maximum Gasteiger partial charge on any atom is 0.338 e. The number of nitrogens with zero attached hydrogens (tertiary/aromatic N) is 1. The fourth-order valence-electron chi connectivity index (χ4n) is 2.55. The van der Waals surface area contributed by atoms with Gasteiger partial charge in [0.2, 0.25) is 5.91 Å². The highest BCUT2D eigenvalue weighted by Gasteiger charge is 2.15. The van der Waals surface area contributed by atoms with Crippen molar-refractivity contribution in [2.75, 3.05) is 33.2 Å². The molecule has 2 aromatic rings. The molecule has 1 N–H and O–H groups in total. The van der Waals surface area contributed by atoms with Gasteiger partial charge >= 0.3 is 5.97 Å². The summed E-state index contributed by atoms with van der Waals surface area (Å²) in [5, 5.41) is 2.61. The van der Waals surface area contributed by atoms with Gasteiger partial charge in [-0.2, -0.15) is 0 Å². The predicted molar refractivity (Wildman–Crippen MR) is 107 cm³/mol. The number of hydrogen-bond donors (Lipinski definition) is 1. The zero-order valence-electron chi connectivity index (χ0n) is 16.9. The van der Waals surface area contributed by atoms with Crippen molar-refractivity contribution in [2.24, 2.45) is 0 Å². The summed E-state index contributed by atoms with van der Waals surface area (Å²) < 4.78 is 15.5. The largest absolute Gasteiger partial charge is 0.493 e. The van der Waals surface area contributed by atoms with E-state index in [9.17, 15) is 14.4 Å². The van der Waals surface area contributed by atoms with E-state index in [2.05, 4.69) is 5.32 Å². The molecule has 154 valence electrons. The van der Waals surface area contributed by atoms with E-state index in [0.29, 0.717) is 23.7 Å². The lowest BCUT2D eigenvalue weighted by Gasteiger charge is -2.18. The molecule has 2 amide bonds. The third-order valence-electron chi connectivity index (χ3n) is 4.06. The molecule has 0 atom stereocenters. The zero-order valence-corrected chi connectivity index (χ0v) is 16.9. The highest BCUT2D eigenvalue weighted by Crippen LogP contribution is 2.27. The summed E-state index contributed by atoms with van der Waals surface area (Å²) in [6, 6.07) is 11.6. The van der Waals surface area contributed by atoms with Crippen LogP contribution < -0.4 is 14.8 Å². The van der Waals surface area contributed by atoms with E-state index in [0.717, 1.165) is 5.56 Å². The Hall–Kier alpha value is -3.55. The van der Waals surface area contributed by atoms with E-state index in [4.69, 9.17) is 14.2 Å². The van der Waals surface area contributed by atoms with E-state index in [1.807, 2.05) is 6.07 Å². The number of ether oxygens (including phenoxy) is 3. The Morgan fingerprint density at radius 3 is 2.21 bits per heavy atom. The Morgan fingerprint density at radius 1 is 0.966 bits per heavy atom. The van der Waals surface area contributed by atoms with Gasteiger partial charge in [0.05, 0.1) is 19.8 Å². The molecule has 0 aromatic heterocycles. The first-order valence-electron chi connectivity index (χ1n) is 8.83. The van der Waals surface area contributed by atoms with E-state index >= 15 is 0 Å². The molecule has 0 bridgehead atoms. The number of likely N-dealkylation sites (N-methyl/N-ethyl adjacent to an activating group) is 1. The van der Waals surface area contributed by atoms with Crippen LogP contribution in [-0.2, 0) is 20.9 Å². The van der Waals surface area contributed by atoms with Crippen LogP contribution in [0.2, 0.25) is 0 Å². The molecule has 0 fully saturated rings. The minimum atomic E-state index is -0.618. The number of rotatable bonds is 8. The van der Waals surface area contributed by atoms with Crippen molar-refractivity contribution in [3.05, 3.63) is 53.6 Å². The van der Waals surface area contributed by atoms with Crippen LogP contribution in [0.25, 0.3) is 0 Å². The van der Waals surface area contributed by atoms with Crippen molar-refractivity contribution < 1.29 is 28.6 Å². The minimum Gasteiger partial charge on any atom is -0.493 e. The molecule has 8 heteroatoms. The predicted octanol–water partition coefficient (Wildman–Crippen LogP) is 2.48. The molecule has 0 aliphatic heterocycles. The second-order valence-corrected chi connectivity index (χ2v) is 6.27. The zero-order chi connectivity index (χ0) is 21.4. The van der Waals surface area contributed by atoms with Crippen LogP contribution >= 0.6 is 0 Å². The Balaban J connectivity index is 1.89. The van der Waals surface area contributed by atoms with Crippen LogP contribution in [0.3, 0.4) is 0 Å². The fraction of sp³-hybridized carbons (Fsp3) is 0.286. The minimum absolute atomic E-state index is 0.205. The molecule has 2 aromatic carbocycles. The average molecular weight is 400 g/mol. The maximum absolute atomic E-state index is 12.3. The molecular formula is C21H24N2O6. The standard InChI is InChI=1S/C21H24N2O6/c1-14(24)22-17-8-6-16(7-9-17)21(26)29-13-20(25)23(2)12-15-5-10-18(27-3)19(11-15)28-4/h5-11H,12-13H2,1-4H3,(H,22,24). The summed E-state index contributed by atoms with van der Waals surface area (Å²) >= 11 is 0. The van der Waals surface area contributed by atoms with Crippen molar-refractivity contribution in [3.8, 4) is 11.5 Å². The third-order valence-corrected chi connectivity index (χ3v) is 4.06. The number of hydrogen-bond acceptors (Lipinski definition) is 6. The summed E-state index contributed by atoms with van der Waals surface area (Å²) in [7, 11) is 4.71. The van der Waals surface area contributed by atoms with Crippen molar-refractivity contribution >= 4 is 23.5 Å². The van der Waals surface area contributed by atoms with Crippen molar-refractivity contribution in [1.82, 2.24) is 4.90 Å². The van der Waals surface area contributed by atoms with Crippen LogP contribution in [0.5, 0.6) is 11.5 Å². The summed E-state index contributed by atoms with van der Waals surface area (Å²) in [6.45, 7) is 1.34. The lowest BCUT2D eigenvalue weighted by atomic mass is 10.2. The highest BCUT2D eigenvalue weighted by atomic mass is 16.5. The lowest BCUT2D eigenvalue weighted by Crippen LogP contribution is -2.30. The van der Waals surface area contributed by atoms with Gasteiger partial charge in [0.25, 0.3) is 5.91 Å². The molecule has 29 heavy (non-hydrogen) atoms. The van der Waals surface area contributed by atoms with Gasteiger partial charge in [0.1, 0.15) is 0 Å². The summed E-state index contributed by atoms with van der Waals surface area (Å²) in [6.07, 6.45) is 0. The quantitative estimate of drug-likeness (QED) is 0.684. The fourth-order valence-corrected chi connectivity index (χ4v) is 2.55. The van der Waals surface area contributed by atoms with Crippen LogP contribution in [0.4, 0.5) is 5.69 Å². The molecule has 8 nitrogen and oxygen atoms in total. The smallest absolute Gasteiger partial charge is 0.338 e. The number of anilines is 1. The lowest BCUT2D eigenvalue weighted by molar-refractivity contribution is -0.133. The first-order valence-corrected chi connectivity index (χ1v) is 8.83. The number of carbonyl (C=O) groups is 3. The molecule has 0 spiro atoms. The van der Waals surface area contributed by atoms with Crippen LogP contribution in [-0.4, -0.2) is 50.6 Å². The Kier molecular flexibility index (Phi) is 7.59. The van der Waals surface area contributed by atoms with Crippen molar-refractivity contribution in [1.29, 1.82) is 0 Å². The van der Waals surface area contributed by atoms with Crippen LogP contribution in [0, 0.1) is 0 Å². The summed E-state index contributed by atoms with van der Waals surface area (Å²) in [4.78, 5) is 36.9. The molecule has 0 aliphatic rings. The first kappa shape index (κ1) is 21.7. The molecule has 0 heterocycles. The van der Waals surface area contributed by atoms with Crippen molar-refractivity contribution in [2.45, 2.75) is 13.5 Å². The average Bonchev–Trinajstić information content (AvgIpc) is 2.71. The Bertz CT molecular complexity index is 879.